The van der Waals surface area contributed by atoms with Crippen LogP contribution < -0.4 is 10.9 Å². The van der Waals surface area contributed by atoms with Crippen LogP contribution in [-0.4, -0.2) is 21.2 Å². The molecule has 0 saturated heterocycles. The van der Waals surface area contributed by atoms with E-state index in [2.05, 4.69) is 10.4 Å². The maximum Gasteiger partial charge on any atom is 0.267 e. The van der Waals surface area contributed by atoms with Crippen molar-refractivity contribution in [2.45, 2.75) is 57.0 Å². The van der Waals surface area contributed by atoms with E-state index in [1.54, 1.807) is 25.1 Å². The zero-order valence-corrected chi connectivity index (χ0v) is 16.6. The second-order valence-corrected chi connectivity index (χ2v) is 9.37. The number of carbonyl (C=O) groups is 1. The fourth-order valence-corrected chi connectivity index (χ4v) is 6.22. The van der Waals surface area contributed by atoms with Crippen molar-refractivity contribution in [1.82, 2.24) is 15.1 Å². The predicted octanol–water partition coefficient (Wildman–Crippen LogP) is 3.70. The highest BCUT2D eigenvalue weighted by Gasteiger charge is 2.51. The van der Waals surface area contributed by atoms with Crippen LogP contribution in [0.25, 0.3) is 11.3 Å². The van der Waals surface area contributed by atoms with Crippen LogP contribution in [0.2, 0.25) is 0 Å². The first-order chi connectivity index (χ1) is 13.9. The van der Waals surface area contributed by atoms with Gasteiger partial charge in [0.15, 0.2) is 0 Å². The van der Waals surface area contributed by atoms with E-state index in [0.29, 0.717) is 11.3 Å². The number of benzene rings is 1. The van der Waals surface area contributed by atoms with Crippen molar-refractivity contribution >= 4 is 5.91 Å². The van der Waals surface area contributed by atoms with Crippen molar-refractivity contribution < 1.29 is 9.18 Å². The first-order valence-electron chi connectivity index (χ1n) is 10.6. The molecule has 29 heavy (non-hydrogen) atoms. The third-order valence-corrected chi connectivity index (χ3v) is 7.14. The number of hydrogen-bond acceptors (Lipinski definition) is 3. The van der Waals surface area contributed by atoms with E-state index in [1.165, 1.54) is 42.1 Å². The maximum absolute atomic E-state index is 13.2. The summed E-state index contributed by atoms with van der Waals surface area (Å²) in [6.07, 6.45) is 7.13. The second-order valence-electron chi connectivity index (χ2n) is 9.37. The average molecular weight is 395 g/mol. The summed E-state index contributed by atoms with van der Waals surface area (Å²) in [6, 6.07) is 8.27. The molecule has 0 aliphatic heterocycles. The normalized spacial score (nSPS) is 30.9. The molecule has 1 unspecified atom stereocenters. The van der Waals surface area contributed by atoms with Crippen LogP contribution in [0.15, 0.2) is 41.2 Å². The minimum absolute atomic E-state index is 0.0989. The molecule has 5 nitrogen and oxygen atoms in total. The van der Waals surface area contributed by atoms with E-state index < -0.39 is 6.04 Å². The van der Waals surface area contributed by atoms with E-state index in [4.69, 9.17) is 0 Å². The number of amides is 1. The third kappa shape index (κ3) is 3.38. The van der Waals surface area contributed by atoms with Crippen molar-refractivity contribution in [2.24, 2.45) is 17.8 Å². The Kier molecular flexibility index (Phi) is 4.33. The van der Waals surface area contributed by atoms with Gasteiger partial charge in [0.2, 0.25) is 5.91 Å². The van der Waals surface area contributed by atoms with Crippen LogP contribution in [-0.2, 0) is 4.79 Å². The molecule has 4 aliphatic rings. The Morgan fingerprint density at radius 3 is 2.24 bits per heavy atom. The van der Waals surface area contributed by atoms with Crippen LogP contribution in [0, 0.1) is 23.6 Å². The zero-order chi connectivity index (χ0) is 20.2. The van der Waals surface area contributed by atoms with Gasteiger partial charge in [0.25, 0.3) is 5.56 Å². The van der Waals surface area contributed by atoms with Gasteiger partial charge in [0.1, 0.15) is 11.9 Å². The molecule has 4 saturated carbocycles. The summed E-state index contributed by atoms with van der Waals surface area (Å²) < 4.78 is 14.5. The smallest absolute Gasteiger partial charge is 0.267 e. The fourth-order valence-electron chi connectivity index (χ4n) is 6.22. The molecule has 1 aromatic heterocycles. The van der Waals surface area contributed by atoms with E-state index in [-0.39, 0.29) is 22.8 Å². The number of carbonyl (C=O) groups excluding carboxylic acids is 1. The maximum atomic E-state index is 13.2. The van der Waals surface area contributed by atoms with Gasteiger partial charge in [-0.2, -0.15) is 5.10 Å². The summed E-state index contributed by atoms with van der Waals surface area (Å²) in [5, 5.41) is 7.74. The number of halogens is 1. The van der Waals surface area contributed by atoms with Gasteiger partial charge in [0, 0.05) is 17.2 Å². The SMILES string of the molecule is CC(C(=O)NC12CC3CC(CC(C3)C1)C2)n1nc(-c2ccc(F)cc2)ccc1=O. The van der Waals surface area contributed by atoms with Crippen LogP contribution in [0.3, 0.4) is 0 Å². The van der Waals surface area contributed by atoms with Crippen molar-refractivity contribution in [1.29, 1.82) is 0 Å². The molecule has 1 atom stereocenters. The number of rotatable bonds is 4. The largest absolute Gasteiger partial charge is 0.349 e. The number of aromatic nitrogens is 2. The Morgan fingerprint density at radius 1 is 1.07 bits per heavy atom. The summed E-state index contributed by atoms with van der Waals surface area (Å²) in [5.41, 5.74) is 0.829. The Morgan fingerprint density at radius 2 is 1.66 bits per heavy atom. The Hall–Kier alpha value is -2.50. The van der Waals surface area contributed by atoms with Gasteiger partial charge in [-0.1, -0.05) is 0 Å². The van der Waals surface area contributed by atoms with Gasteiger partial charge in [-0.15, -0.1) is 0 Å². The molecule has 2 aromatic rings. The van der Waals surface area contributed by atoms with E-state index in [0.717, 1.165) is 37.0 Å². The lowest BCUT2D eigenvalue weighted by atomic mass is 9.53. The lowest BCUT2D eigenvalue weighted by Gasteiger charge is -2.57. The standard InChI is InChI=1S/C23H26FN3O2/c1-14(22(29)25-23-11-15-8-16(12-23)10-17(9-15)13-23)27-21(28)7-6-20(26-27)18-2-4-19(24)5-3-18/h2-7,14-17H,8-13H2,1H3,(H,25,29). The average Bonchev–Trinajstić information content (AvgIpc) is 2.67. The van der Waals surface area contributed by atoms with E-state index in [1.807, 2.05) is 0 Å². The minimum atomic E-state index is -0.698. The molecule has 4 bridgehead atoms. The molecule has 4 fully saturated rings. The summed E-state index contributed by atoms with van der Waals surface area (Å²) in [7, 11) is 0. The highest BCUT2D eigenvalue weighted by atomic mass is 19.1. The zero-order valence-electron chi connectivity index (χ0n) is 16.6. The highest BCUT2D eigenvalue weighted by molar-refractivity contribution is 5.80. The molecule has 152 valence electrons. The first-order valence-corrected chi connectivity index (χ1v) is 10.6. The Bertz CT molecular complexity index is 963. The molecule has 1 heterocycles. The quantitative estimate of drug-likeness (QED) is 0.859. The van der Waals surface area contributed by atoms with Crippen molar-refractivity contribution in [3.8, 4) is 11.3 Å². The van der Waals surface area contributed by atoms with Crippen molar-refractivity contribution in [3.05, 3.63) is 52.6 Å². The summed E-state index contributed by atoms with van der Waals surface area (Å²) in [5.74, 6) is 1.74. The molecular formula is C23H26FN3O2. The van der Waals surface area contributed by atoms with Crippen LogP contribution in [0.1, 0.15) is 51.5 Å². The lowest BCUT2D eigenvalue weighted by molar-refractivity contribution is -0.130. The Labute approximate surface area is 169 Å². The van der Waals surface area contributed by atoms with Gasteiger partial charge >= 0.3 is 0 Å². The fraction of sp³-hybridized carbons (Fsp3) is 0.522. The molecule has 1 amide bonds. The third-order valence-electron chi connectivity index (χ3n) is 7.14. The molecular weight excluding hydrogens is 369 g/mol. The van der Waals surface area contributed by atoms with E-state index in [9.17, 15) is 14.0 Å². The molecule has 4 aliphatic carbocycles. The van der Waals surface area contributed by atoms with Gasteiger partial charge < -0.3 is 5.32 Å². The molecule has 6 heteroatoms. The van der Waals surface area contributed by atoms with Crippen molar-refractivity contribution in [3.63, 3.8) is 0 Å². The van der Waals surface area contributed by atoms with E-state index >= 15 is 0 Å². The molecule has 1 aromatic carbocycles. The molecule has 1 N–H and O–H groups in total. The van der Waals surface area contributed by atoms with Gasteiger partial charge in [-0.3, -0.25) is 9.59 Å². The van der Waals surface area contributed by atoms with Gasteiger partial charge in [-0.05, 0) is 93.5 Å². The molecule has 0 radical (unpaired) electrons. The monoisotopic (exact) mass is 395 g/mol. The topological polar surface area (TPSA) is 64.0 Å². The van der Waals surface area contributed by atoms with Crippen LogP contribution in [0.4, 0.5) is 4.39 Å². The minimum Gasteiger partial charge on any atom is -0.349 e. The van der Waals surface area contributed by atoms with Crippen LogP contribution in [0.5, 0.6) is 0 Å². The predicted molar refractivity (Wildman–Crippen MR) is 108 cm³/mol. The lowest BCUT2D eigenvalue weighted by Crippen LogP contribution is -2.60. The summed E-state index contributed by atoms with van der Waals surface area (Å²) in [4.78, 5) is 25.5. The highest BCUT2D eigenvalue weighted by Crippen LogP contribution is 2.55. The number of nitrogens with one attached hydrogen (secondary N) is 1. The van der Waals surface area contributed by atoms with Crippen LogP contribution >= 0.6 is 0 Å². The first kappa shape index (κ1) is 18.5. The molecule has 0 spiro atoms. The second kappa shape index (κ2) is 6.78. The van der Waals surface area contributed by atoms with Gasteiger partial charge in [-0.25, -0.2) is 9.07 Å². The summed E-state index contributed by atoms with van der Waals surface area (Å²) >= 11 is 0. The summed E-state index contributed by atoms with van der Waals surface area (Å²) in [6.45, 7) is 1.72. The van der Waals surface area contributed by atoms with Crippen molar-refractivity contribution in [2.75, 3.05) is 0 Å². The molecule has 6 rings (SSSR count). The van der Waals surface area contributed by atoms with Gasteiger partial charge in [0.05, 0.1) is 5.69 Å². The number of nitrogens with zero attached hydrogens (tertiary/aromatic N) is 2. The number of hydrogen-bond donors (Lipinski definition) is 1. The Balaban J connectivity index is 1.38.